The van der Waals surface area contributed by atoms with Crippen LogP contribution in [0.5, 0.6) is 11.5 Å². The summed E-state index contributed by atoms with van der Waals surface area (Å²) in [6.07, 6.45) is 4.90. The lowest BCUT2D eigenvalue weighted by molar-refractivity contribution is -0.154. The Morgan fingerprint density at radius 1 is 0.653 bits per heavy atom. The molecule has 0 amide bonds. The van der Waals surface area contributed by atoms with Gasteiger partial charge in [0, 0.05) is 39.4 Å². The van der Waals surface area contributed by atoms with E-state index in [0.717, 1.165) is 71.2 Å². The Kier molecular flexibility index (Phi) is 17.5. The molecule has 0 saturated heterocycles. The molecule has 3 aromatic carbocycles. The van der Waals surface area contributed by atoms with Gasteiger partial charge >= 0.3 is 11.9 Å². The van der Waals surface area contributed by atoms with Crippen LogP contribution in [0.2, 0.25) is 5.02 Å². The molecule has 0 aliphatic heterocycles. The van der Waals surface area contributed by atoms with Crippen molar-refractivity contribution >= 4 is 45.1 Å². The molecule has 0 aliphatic carbocycles. The molecule has 0 saturated carbocycles. The number of carbonyl (C=O) groups is 2. The highest BCUT2D eigenvalue weighted by atomic mass is 35.5. The summed E-state index contributed by atoms with van der Waals surface area (Å²) in [6.45, 7) is 16.9. The number of halogens is 1. The molecule has 2 unspecified atom stereocenters. The number of esters is 2. The molecule has 2 atom stereocenters. The van der Waals surface area contributed by atoms with Crippen molar-refractivity contribution in [2.75, 3.05) is 39.6 Å². The summed E-state index contributed by atoms with van der Waals surface area (Å²) in [6, 6.07) is 13.3. The second-order valence-electron chi connectivity index (χ2n) is 12.6. The first-order chi connectivity index (χ1) is 23.6. The minimum atomic E-state index is -0.635. The van der Waals surface area contributed by atoms with E-state index in [1.165, 1.54) is 0 Å². The van der Waals surface area contributed by atoms with E-state index in [4.69, 9.17) is 40.0 Å². The Morgan fingerprint density at radius 3 is 1.55 bits per heavy atom. The van der Waals surface area contributed by atoms with Gasteiger partial charge in [0.1, 0.15) is 24.7 Å². The van der Waals surface area contributed by atoms with Gasteiger partial charge in [0.15, 0.2) is 12.2 Å². The van der Waals surface area contributed by atoms with E-state index in [-0.39, 0.29) is 38.4 Å². The topological polar surface area (TPSA) is 89.5 Å². The summed E-state index contributed by atoms with van der Waals surface area (Å²) in [5, 5.41) is 3.60. The van der Waals surface area contributed by atoms with Crippen molar-refractivity contribution in [3.05, 3.63) is 71.8 Å². The lowest BCUT2D eigenvalue weighted by Crippen LogP contribution is -2.30. The summed E-state index contributed by atoms with van der Waals surface area (Å²) in [7, 11) is 0. The van der Waals surface area contributed by atoms with Gasteiger partial charge in [0.05, 0.1) is 26.4 Å². The molecular weight excluding hydrogens is 644 g/mol. The molecule has 0 aromatic heterocycles. The largest absolute Gasteiger partial charge is 0.488 e. The molecule has 49 heavy (non-hydrogen) atoms. The third-order valence-corrected chi connectivity index (χ3v) is 7.82. The maximum Gasteiger partial charge on any atom is 0.306 e. The van der Waals surface area contributed by atoms with Crippen LogP contribution >= 0.6 is 11.6 Å². The van der Waals surface area contributed by atoms with Crippen LogP contribution in [0.25, 0.3) is 21.5 Å². The predicted molar refractivity (Wildman–Crippen MR) is 197 cm³/mol. The highest BCUT2D eigenvalue weighted by molar-refractivity contribution is 6.31. The predicted octanol–water partition coefficient (Wildman–Crippen LogP) is 9.57. The average Bonchev–Trinajstić information content (AvgIpc) is 3.05. The molecule has 3 rings (SSSR count). The standard InChI is InChI=1S/C40H53ClO8/c1-7-9-11-17-37(42)48-31(24-44-22-28(3)4)26-46-39-33-15-13-14-16-34(33)40(36-21-30(41)19-20-35(36)39)47-27-32(25-45-23-29(5)6)49-38(43)18-12-10-8-2/h13-16,19-21,31-32H,3,5,7-12,17-18,22-27H2,1-2,4,6H3. The van der Waals surface area contributed by atoms with Crippen LogP contribution in [-0.4, -0.2) is 63.8 Å². The maximum absolute atomic E-state index is 12.7. The van der Waals surface area contributed by atoms with Crippen molar-refractivity contribution < 1.29 is 38.0 Å². The van der Waals surface area contributed by atoms with E-state index >= 15 is 0 Å². The van der Waals surface area contributed by atoms with Crippen molar-refractivity contribution in [3.8, 4) is 11.5 Å². The molecule has 268 valence electrons. The van der Waals surface area contributed by atoms with Crippen molar-refractivity contribution in [2.45, 2.75) is 91.3 Å². The Hall–Kier alpha value is -3.59. The fourth-order valence-electron chi connectivity index (χ4n) is 5.23. The van der Waals surface area contributed by atoms with Crippen molar-refractivity contribution in [1.29, 1.82) is 0 Å². The molecule has 0 N–H and O–H groups in total. The van der Waals surface area contributed by atoms with E-state index in [2.05, 4.69) is 27.0 Å². The molecule has 8 nitrogen and oxygen atoms in total. The summed E-state index contributed by atoms with van der Waals surface area (Å²) in [5.41, 5.74) is 1.74. The van der Waals surface area contributed by atoms with Gasteiger partial charge in [-0.3, -0.25) is 9.59 Å². The molecular formula is C40H53ClO8. The van der Waals surface area contributed by atoms with Crippen molar-refractivity contribution in [1.82, 2.24) is 0 Å². The van der Waals surface area contributed by atoms with Crippen LogP contribution in [0.1, 0.15) is 79.1 Å². The van der Waals surface area contributed by atoms with Crippen LogP contribution in [0.3, 0.4) is 0 Å². The van der Waals surface area contributed by atoms with Gasteiger partial charge in [0.25, 0.3) is 0 Å². The van der Waals surface area contributed by atoms with Gasteiger partial charge in [-0.25, -0.2) is 0 Å². The molecule has 0 bridgehead atoms. The Balaban J connectivity index is 1.92. The molecule has 3 aromatic rings. The number of unbranched alkanes of at least 4 members (excludes halogenated alkanes) is 4. The monoisotopic (exact) mass is 696 g/mol. The third kappa shape index (κ3) is 13.7. The van der Waals surface area contributed by atoms with Gasteiger partial charge in [-0.15, -0.1) is 0 Å². The summed E-state index contributed by atoms with van der Waals surface area (Å²) in [5.74, 6) is 0.621. The van der Waals surface area contributed by atoms with Crippen LogP contribution in [0, 0.1) is 0 Å². The van der Waals surface area contributed by atoms with Crippen LogP contribution in [0.15, 0.2) is 66.8 Å². The van der Waals surface area contributed by atoms with Gasteiger partial charge in [-0.2, -0.15) is 0 Å². The normalized spacial score (nSPS) is 12.4. The van der Waals surface area contributed by atoms with Gasteiger partial charge < -0.3 is 28.4 Å². The van der Waals surface area contributed by atoms with E-state index in [9.17, 15) is 9.59 Å². The fraction of sp³-hybridized carbons (Fsp3) is 0.500. The molecule has 0 heterocycles. The molecule has 0 fully saturated rings. The highest BCUT2D eigenvalue weighted by Gasteiger charge is 2.22. The number of ether oxygens (including phenoxy) is 6. The minimum absolute atomic E-state index is 0.0671. The summed E-state index contributed by atoms with van der Waals surface area (Å²) < 4.78 is 36.2. The quantitative estimate of drug-likeness (QED) is 0.0396. The molecule has 9 heteroatoms. The van der Waals surface area contributed by atoms with Crippen molar-refractivity contribution in [3.63, 3.8) is 0 Å². The van der Waals surface area contributed by atoms with Gasteiger partial charge in [-0.05, 0) is 44.9 Å². The second kappa shape index (κ2) is 21.5. The first-order valence-corrected chi connectivity index (χ1v) is 17.7. The highest BCUT2D eigenvalue weighted by Crippen LogP contribution is 2.43. The number of carbonyl (C=O) groups excluding carboxylic acids is 2. The second-order valence-corrected chi connectivity index (χ2v) is 13.0. The lowest BCUT2D eigenvalue weighted by atomic mass is 10.0. The van der Waals surface area contributed by atoms with E-state index in [1.807, 2.05) is 50.2 Å². The number of rotatable bonds is 24. The third-order valence-electron chi connectivity index (χ3n) is 7.58. The molecule has 0 aliphatic rings. The molecule has 0 radical (unpaired) electrons. The Bertz CT molecular complexity index is 1530. The maximum atomic E-state index is 12.7. The van der Waals surface area contributed by atoms with Crippen LogP contribution in [0.4, 0.5) is 0 Å². The molecule has 0 spiro atoms. The van der Waals surface area contributed by atoms with E-state index in [0.29, 0.717) is 42.6 Å². The average molecular weight is 697 g/mol. The Morgan fingerprint density at radius 2 is 1.10 bits per heavy atom. The van der Waals surface area contributed by atoms with Crippen LogP contribution in [-0.2, 0) is 28.5 Å². The summed E-state index contributed by atoms with van der Waals surface area (Å²) >= 11 is 6.53. The first kappa shape index (κ1) is 39.8. The van der Waals surface area contributed by atoms with Crippen molar-refractivity contribution in [2.24, 2.45) is 0 Å². The number of hydrogen-bond donors (Lipinski definition) is 0. The Labute approximate surface area is 296 Å². The lowest BCUT2D eigenvalue weighted by Gasteiger charge is -2.23. The number of benzene rings is 3. The summed E-state index contributed by atoms with van der Waals surface area (Å²) in [4.78, 5) is 25.4. The first-order valence-electron chi connectivity index (χ1n) is 17.4. The van der Waals surface area contributed by atoms with Crippen LogP contribution < -0.4 is 9.47 Å². The zero-order valence-electron chi connectivity index (χ0n) is 29.7. The smallest absolute Gasteiger partial charge is 0.306 e. The zero-order valence-corrected chi connectivity index (χ0v) is 30.4. The SMILES string of the molecule is C=C(C)COCC(COc1c2ccccc2c(OCC(COCC(=C)C)OC(=O)CCCCC)c2cc(Cl)ccc12)OC(=O)CCCCC. The van der Waals surface area contributed by atoms with E-state index < -0.39 is 12.2 Å². The number of fused-ring (bicyclic) bond motifs is 2. The number of hydrogen-bond acceptors (Lipinski definition) is 8. The fourth-order valence-corrected chi connectivity index (χ4v) is 5.40. The zero-order chi connectivity index (χ0) is 35.6. The minimum Gasteiger partial charge on any atom is -0.488 e. The van der Waals surface area contributed by atoms with E-state index in [1.54, 1.807) is 6.07 Å². The van der Waals surface area contributed by atoms with Gasteiger partial charge in [0.2, 0.25) is 0 Å². The van der Waals surface area contributed by atoms with Gasteiger partial charge in [-0.1, -0.05) is 99.7 Å².